The van der Waals surface area contributed by atoms with Crippen LogP contribution < -0.4 is 16.3 Å². The second-order valence-corrected chi connectivity index (χ2v) is 3.24. The molecule has 78 valence electrons. The summed E-state index contributed by atoms with van der Waals surface area (Å²) in [5.74, 6) is 0.436. The molecule has 4 heteroatoms. The first kappa shape index (κ1) is 9.45. The fraction of sp³-hybridized carbons (Fsp3) is 0.0909. The predicted molar refractivity (Wildman–Crippen MR) is 60.0 cm³/mol. The first-order chi connectivity index (χ1) is 7.27. The Morgan fingerprint density at radius 3 is 2.40 bits per heavy atom. The predicted octanol–water partition coefficient (Wildman–Crippen LogP) is 1.28. The van der Waals surface area contributed by atoms with Crippen molar-refractivity contribution in [2.75, 3.05) is 11.5 Å². The second-order valence-electron chi connectivity index (χ2n) is 3.24. The average Bonchev–Trinajstić information content (AvgIpc) is 2.59. The van der Waals surface area contributed by atoms with Crippen LogP contribution >= 0.6 is 0 Å². The lowest BCUT2D eigenvalue weighted by molar-refractivity contribution is 0.103. The number of hydrogen-bond donors (Lipinski definition) is 2. The second kappa shape index (κ2) is 3.96. The average molecular weight is 203 g/mol. The molecule has 0 unspecified atom stereocenters. The number of aromatic nitrogens is 1. The Bertz CT molecular complexity index is 436. The molecule has 1 heterocycles. The third kappa shape index (κ3) is 2.04. The Morgan fingerprint density at radius 1 is 1.07 bits per heavy atom. The van der Waals surface area contributed by atoms with Gasteiger partial charge < -0.3 is 16.3 Å². The summed E-state index contributed by atoms with van der Waals surface area (Å²) in [6.45, 7) is 0.471. The number of rotatable bonds is 3. The SMILES string of the molecule is Nc1ccn(OCc2ccccc2)c1N. The van der Waals surface area contributed by atoms with Crippen molar-refractivity contribution in [2.24, 2.45) is 0 Å². The number of nitrogens with two attached hydrogens (primary N) is 2. The van der Waals surface area contributed by atoms with E-state index in [0.717, 1.165) is 5.56 Å². The summed E-state index contributed by atoms with van der Waals surface area (Å²) in [6, 6.07) is 11.6. The van der Waals surface area contributed by atoms with Gasteiger partial charge in [-0.15, -0.1) is 0 Å². The van der Waals surface area contributed by atoms with Crippen LogP contribution in [-0.4, -0.2) is 4.73 Å². The molecule has 4 nitrogen and oxygen atoms in total. The van der Waals surface area contributed by atoms with Crippen LogP contribution in [0.25, 0.3) is 0 Å². The molecule has 0 fully saturated rings. The largest absolute Gasteiger partial charge is 0.408 e. The molecule has 1 aromatic heterocycles. The van der Waals surface area contributed by atoms with Gasteiger partial charge in [-0.25, -0.2) is 0 Å². The van der Waals surface area contributed by atoms with Crippen molar-refractivity contribution >= 4 is 11.5 Å². The van der Waals surface area contributed by atoms with E-state index in [1.165, 1.54) is 4.73 Å². The number of benzene rings is 1. The van der Waals surface area contributed by atoms with Gasteiger partial charge in [0.05, 0.1) is 5.69 Å². The Kier molecular flexibility index (Phi) is 2.49. The fourth-order valence-electron chi connectivity index (χ4n) is 1.27. The molecule has 1 aromatic carbocycles. The Hall–Kier alpha value is -2.10. The van der Waals surface area contributed by atoms with Gasteiger partial charge in [0.1, 0.15) is 6.61 Å². The van der Waals surface area contributed by atoms with Gasteiger partial charge in [0.25, 0.3) is 0 Å². The quantitative estimate of drug-likeness (QED) is 0.789. The molecule has 2 aromatic rings. The zero-order chi connectivity index (χ0) is 10.7. The zero-order valence-electron chi connectivity index (χ0n) is 8.26. The van der Waals surface area contributed by atoms with Crippen LogP contribution in [0, 0.1) is 0 Å². The topological polar surface area (TPSA) is 66.2 Å². The molecular weight excluding hydrogens is 190 g/mol. The molecule has 0 amide bonds. The van der Waals surface area contributed by atoms with Gasteiger partial charge in [-0.1, -0.05) is 30.3 Å². The lowest BCUT2D eigenvalue weighted by atomic mass is 10.2. The highest BCUT2D eigenvalue weighted by molar-refractivity contribution is 5.58. The van der Waals surface area contributed by atoms with Gasteiger partial charge >= 0.3 is 0 Å². The highest BCUT2D eigenvalue weighted by Gasteiger charge is 2.02. The van der Waals surface area contributed by atoms with Crippen LogP contribution in [-0.2, 0) is 6.61 Å². The van der Waals surface area contributed by atoms with E-state index in [1.807, 2.05) is 30.3 Å². The van der Waals surface area contributed by atoms with Gasteiger partial charge in [0.2, 0.25) is 0 Å². The van der Waals surface area contributed by atoms with E-state index in [4.69, 9.17) is 16.3 Å². The first-order valence-corrected chi connectivity index (χ1v) is 4.67. The maximum Gasteiger partial charge on any atom is 0.162 e. The van der Waals surface area contributed by atoms with E-state index >= 15 is 0 Å². The molecule has 0 aliphatic rings. The molecule has 0 bridgehead atoms. The lowest BCUT2D eigenvalue weighted by Gasteiger charge is -2.08. The van der Waals surface area contributed by atoms with E-state index < -0.39 is 0 Å². The maximum atomic E-state index is 5.68. The van der Waals surface area contributed by atoms with E-state index in [1.54, 1.807) is 12.3 Å². The third-order valence-corrected chi connectivity index (χ3v) is 2.14. The molecule has 15 heavy (non-hydrogen) atoms. The first-order valence-electron chi connectivity index (χ1n) is 4.67. The minimum absolute atomic E-state index is 0.436. The molecule has 4 N–H and O–H groups in total. The van der Waals surface area contributed by atoms with Crippen molar-refractivity contribution in [1.82, 2.24) is 4.73 Å². The number of nitrogens with zero attached hydrogens (tertiary/aromatic N) is 1. The smallest absolute Gasteiger partial charge is 0.162 e. The van der Waals surface area contributed by atoms with Crippen LogP contribution in [0.15, 0.2) is 42.6 Å². The minimum atomic E-state index is 0.436. The van der Waals surface area contributed by atoms with Crippen molar-refractivity contribution in [1.29, 1.82) is 0 Å². The van der Waals surface area contributed by atoms with Gasteiger partial charge in [0, 0.05) is 6.20 Å². The molecule has 0 aliphatic heterocycles. The fourth-order valence-corrected chi connectivity index (χ4v) is 1.27. The Morgan fingerprint density at radius 2 is 1.80 bits per heavy atom. The van der Waals surface area contributed by atoms with Crippen LogP contribution in [0.4, 0.5) is 11.5 Å². The van der Waals surface area contributed by atoms with Gasteiger partial charge in [-0.05, 0) is 11.6 Å². The molecular formula is C11H13N3O. The van der Waals surface area contributed by atoms with Gasteiger partial charge in [-0.2, -0.15) is 4.73 Å². The number of anilines is 2. The van der Waals surface area contributed by atoms with Crippen LogP contribution in [0.5, 0.6) is 0 Å². The van der Waals surface area contributed by atoms with Crippen LogP contribution in [0.2, 0.25) is 0 Å². The van der Waals surface area contributed by atoms with E-state index in [-0.39, 0.29) is 0 Å². The van der Waals surface area contributed by atoms with Crippen molar-refractivity contribution in [3.05, 3.63) is 48.2 Å². The highest BCUT2D eigenvalue weighted by atomic mass is 16.7. The Labute approximate surface area is 88.0 Å². The van der Waals surface area contributed by atoms with E-state index in [0.29, 0.717) is 18.1 Å². The lowest BCUT2D eigenvalue weighted by Crippen LogP contribution is -2.13. The van der Waals surface area contributed by atoms with Crippen LogP contribution in [0.1, 0.15) is 5.56 Å². The van der Waals surface area contributed by atoms with Crippen LogP contribution in [0.3, 0.4) is 0 Å². The molecule has 0 aliphatic carbocycles. The van der Waals surface area contributed by atoms with E-state index in [2.05, 4.69) is 0 Å². The normalized spacial score (nSPS) is 10.1. The van der Waals surface area contributed by atoms with Gasteiger partial charge in [0.15, 0.2) is 5.82 Å². The monoisotopic (exact) mass is 203 g/mol. The van der Waals surface area contributed by atoms with Crippen molar-refractivity contribution in [3.63, 3.8) is 0 Å². The summed E-state index contributed by atoms with van der Waals surface area (Å²) in [7, 11) is 0. The van der Waals surface area contributed by atoms with Crippen molar-refractivity contribution < 1.29 is 4.84 Å². The van der Waals surface area contributed by atoms with Gasteiger partial charge in [-0.3, -0.25) is 0 Å². The molecule has 0 saturated heterocycles. The number of hydrogen-bond acceptors (Lipinski definition) is 3. The Balaban J connectivity index is 2.02. The summed E-state index contributed by atoms with van der Waals surface area (Å²) in [5.41, 5.74) is 12.9. The molecule has 0 spiro atoms. The summed E-state index contributed by atoms with van der Waals surface area (Å²) < 4.78 is 1.47. The molecule has 0 atom stereocenters. The van der Waals surface area contributed by atoms with Crippen molar-refractivity contribution in [2.45, 2.75) is 6.61 Å². The molecule has 2 rings (SSSR count). The van der Waals surface area contributed by atoms with E-state index in [9.17, 15) is 0 Å². The third-order valence-electron chi connectivity index (χ3n) is 2.14. The summed E-state index contributed by atoms with van der Waals surface area (Å²) >= 11 is 0. The number of nitrogen functional groups attached to an aromatic ring is 2. The molecule has 0 radical (unpaired) electrons. The van der Waals surface area contributed by atoms with Crippen molar-refractivity contribution in [3.8, 4) is 0 Å². The maximum absolute atomic E-state index is 5.68. The minimum Gasteiger partial charge on any atom is -0.408 e. The zero-order valence-corrected chi connectivity index (χ0v) is 8.26. The summed E-state index contributed by atoms with van der Waals surface area (Å²) in [5, 5.41) is 0. The summed E-state index contributed by atoms with van der Waals surface area (Å²) in [4.78, 5) is 5.46. The molecule has 0 saturated carbocycles. The summed E-state index contributed by atoms with van der Waals surface area (Å²) in [6.07, 6.45) is 1.70. The highest BCUT2D eigenvalue weighted by Crippen LogP contribution is 2.14. The standard InChI is InChI=1S/C11H13N3O/c12-10-6-7-14(11(10)13)15-8-9-4-2-1-3-5-9/h1-7H,8,12-13H2.